The lowest BCUT2D eigenvalue weighted by atomic mass is 10.1. The van der Waals surface area contributed by atoms with E-state index in [2.05, 4.69) is 20.7 Å². The van der Waals surface area contributed by atoms with Crippen molar-refractivity contribution in [3.8, 4) is 5.69 Å². The first kappa shape index (κ1) is 17.4. The number of thioether (sulfide) groups is 1. The van der Waals surface area contributed by atoms with Crippen molar-refractivity contribution in [2.75, 3.05) is 5.75 Å². The molecule has 1 N–H and O–H groups in total. The first-order valence-electron chi connectivity index (χ1n) is 7.30. The third-order valence-electron chi connectivity index (χ3n) is 3.43. The second kappa shape index (κ2) is 7.66. The summed E-state index contributed by atoms with van der Waals surface area (Å²) in [6.07, 6.45) is 0. The highest BCUT2D eigenvalue weighted by Crippen LogP contribution is 2.20. The van der Waals surface area contributed by atoms with Crippen LogP contribution in [0.15, 0.2) is 58.9 Å². The molecule has 0 saturated carbocycles. The number of tetrazole rings is 1. The molecule has 0 aliphatic rings. The van der Waals surface area contributed by atoms with Gasteiger partial charge in [0.05, 0.1) is 17.0 Å². The molecule has 0 bridgehead atoms. The summed E-state index contributed by atoms with van der Waals surface area (Å²) in [4.78, 5) is 33.5. The van der Waals surface area contributed by atoms with E-state index in [0.717, 1.165) is 11.8 Å². The van der Waals surface area contributed by atoms with E-state index in [0.29, 0.717) is 16.4 Å². The number of aromatic nitrogens is 4. The highest BCUT2D eigenvalue weighted by Gasteiger charge is 2.13. The standard InChI is InChI=1S/C16H11N5O4S/c22-14(10-1-5-12(18-25)6-2-10)9-26-16-17-19-20-21(16)13-7-3-11(4-8-13)15(23)24/h1-8H,9H2,(H,23,24). The predicted octanol–water partition coefficient (Wildman–Crippen LogP) is 2.73. The van der Waals surface area contributed by atoms with Crippen LogP contribution in [0.1, 0.15) is 20.7 Å². The van der Waals surface area contributed by atoms with Gasteiger partial charge in [0, 0.05) is 5.56 Å². The molecule has 0 aliphatic carbocycles. The van der Waals surface area contributed by atoms with Gasteiger partial charge in [0.2, 0.25) is 5.16 Å². The molecule has 10 heteroatoms. The Bertz CT molecular complexity index is 954. The number of ketones is 1. The number of carbonyl (C=O) groups is 2. The Morgan fingerprint density at radius 3 is 2.31 bits per heavy atom. The SMILES string of the molecule is O=Nc1ccc(C(=O)CSc2nnnn2-c2ccc(C(=O)O)cc2)cc1. The van der Waals surface area contributed by atoms with Crippen molar-refractivity contribution >= 4 is 29.2 Å². The maximum atomic E-state index is 12.2. The van der Waals surface area contributed by atoms with E-state index in [1.165, 1.54) is 41.1 Å². The van der Waals surface area contributed by atoms with E-state index in [4.69, 9.17) is 5.11 Å². The molecule has 0 unspecified atom stereocenters. The van der Waals surface area contributed by atoms with Crippen LogP contribution in [0.4, 0.5) is 5.69 Å². The van der Waals surface area contributed by atoms with Gasteiger partial charge in [-0.25, -0.2) is 4.79 Å². The normalized spacial score (nSPS) is 10.5. The molecule has 26 heavy (non-hydrogen) atoms. The molecule has 9 nitrogen and oxygen atoms in total. The predicted molar refractivity (Wildman–Crippen MR) is 93.1 cm³/mol. The Hall–Kier alpha value is -3.40. The monoisotopic (exact) mass is 369 g/mol. The molecule has 0 radical (unpaired) electrons. The van der Waals surface area contributed by atoms with Crippen molar-refractivity contribution in [2.24, 2.45) is 5.18 Å². The van der Waals surface area contributed by atoms with Crippen molar-refractivity contribution in [1.82, 2.24) is 20.2 Å². The van der Waals surface area contributed by atoms with Gasteiger partial charge in [0.1, 0.15) is 5.69 Å². The van der Waals surface area contributed by atoms with Gasteiger partial charge in [0.25, 0.3) is 0 Å². The van der Waals surface area contributed by atoms with Crippen LogP contribution in [-0.2, 0) is 0 Å². The third kappa shape index (κ3) is 3.81. The summed E-state index contributed by atoms with van der Waals surface area (Å²) in [6.45, 7) is 0. The molecule has 0 fully saturated rings. The smallest absolute Gasteiger partial charge is 0.335 e. The molecule has 3 rings (SSSR count). The molecule has 1 heterocycles. The molecule has 0 spiro atoms. The second-order valence-corrected chi connectivity index (χ2v) is 6.02. The van der Waals surface area contributed by atoms with Crippen LogP contribution >= 0.6 is 11.8 Å². The van der Waals surface area contributed by atoms with Crippen molar-refractivity contribution in [2.45, 2.75) is 5.16 Å². The maximum Gasteiger partial charge on any atom is 0.335 e. The molecule has 2 aromatic carbocycles. The zero-order chi connectivity index (χ0) is 18.5. The highest BCUT2D eigenvalue weighted by molar-refractivity contribution is 7.99. The van der Waals surface area contributed by atoms with Gasteiger partial charge in [-0.1, -0.05) is 11.8 Å². The third-order valence-corrected chi connectivity index (χ3v) is 4.35. The van der Waals surface area contributed by atoms with Crippen LogP contribution in [0.25, 0.3) is 5.69 Å². The Balaban J connectivity index is 1.71. The number of carboxylic acid groups (broad SMARTS) is 1. The number of nitroso groups, excluding NO2 is 1. The fourth-order valence-corrected chi connectivity index (χ4v) is 2.88. The minimum absolute atomic E-state index is 0.0987. The molecular formula is C16H11N5O4S. The van der Waals surface area contributed by atoms with Crippen LogP contribution < -0.4 is 0 Å². The van der Waals surface area contributed by atoms with Gasteiger partial charge in [0.15, 0.2) is 5.78 Å². The fraction of sp³-hybridized carbons (Fsp3) is 0.0625. The van der Waals surface area contributed by atoms with Crippen molar-refractivity contribution in [3.63, 3.8) is 0 Å². The van der Waals surface area contributed by atoms with Crippen LogP contribution in [0.2, 0.25) is 0 Å². The van der Waals surface area contributed by atoms with Gasteiger partial charge < -0.3 is 5.11 Å². The molecule has 130 valence electrons. The molecule has 0 amide bonds. The molecule has 1 aromatic heterocycles. The molecule has 0 aliphatic heterocycles. The Kier molecular flexibility index (Phi) is 5.13. The van der Waals surface area contributed by atoms with Gasteiger partial charge in [-0.2, -0.15) is 4.68 Å². The zero-order valence-electron chi connectivity index (χ0n) is 13.1. The average Bonchev–Trinajstić information content (AvgIpc) is 3.15. The van der Waals surface area contributed by atoms with Crippen molar-refractivity contribution in [1.29, 1.82) is 0 Å². The number of hydrogen-bond donors (Lipinski definition) is 1. The number of carboxylic acids is 1. The largest absolute Gasteiger partial charge is 0.478 e. The van der Waals surface area contributed by atoms with Crippen molar-refractivity contribution in [3.05, 3.63) is 64.6 Å². The van der Waals surface area contributed by atoms with E-state index in [1.54, 1.807) is 12.1 Å². The first-order valence-corrected chi connectivity index (χ1v) is 8.28. The lowest BCUT2D eigenvalue weighted by molar-refractivity contribution is 0.0696. The molecular weight excluding hydrogens is 358 g/mol. The lowest BCUT2D eigenvalue weighted by Gasteiger charge is -2.05. The summed E-state index contributed by atoms with van der Waals surface area (Å²) >= 11 is 1.15. The minimum atomic E-state index is -1.02. The van der Waals surface area contributed by atoms with E-state index in [9.17, 15) is 14.5 Å². The summed E-state index contributed by atoms with van der Waals surface area (Å²) in [7, 11) is 0. The van der Waals surface area contributed by atoms with Gasteiger partial charge in [-0.3, -0.25) is 4.79 Å². The highest BCUT2D eigenvalue weighted by atomic mass is 32.2. The maximum absolute atomic E-state index is 12.2. The Morgan fingerprint density at radius 2 is 1.69 bits per heavy atom. The van der Waals surface area contributed by atoms with Gasteiger partial charge in [-0.05, 0) is 64.1 Å². The van der Waals surface area contributed by atoms with Gasteiger partial charge >= 0.3 is 5.97 Å². The lowest BCUT2D eigenvalue weighted by Crippen LogP contribution is -2.05. The number of nitrogens with zero attached hydrogens (tertiary/aromatic N) is 5. The fourth-order valence-electron chi connectivity index (χ4n) is 2.10. The number of hydrogen-bond acceptors (Lipinski definition) is 8. The Labute approximate surface area is 151 Å². The second-order valence-electron chi connectivity index (χ2n) is 5.08. The van der Waals surface area contributed by atoms with E-state index in [-0.39, 0.29) is 22.8 Å². The van der Waals surface area contributed by atoms with Crippen LogP contribution in [-0.4, -0.2) is 42.8 Å². The Morgan fingerprint density at radius 1 is 1.04 bits per heavy atom. The van der Waals surface area contributed by atoms with E-state index in [1.807, 2.05) is 0 Å². The topological polar surface area (TPSA) is 127 Å². The van der Waals surface area contributed by atoms with E-state index < -0.39 is 5.97 Å². The number of Topliss-reactive ketones (excluding diaryl/α,β-unsaturated/α-hetero) is 1. The summed E-state index contributed by atoms with van der Waals surface area (Å²) in [5, 5.41) is 23.5. The summed E-state index contributed by atoms with van der Waals surface area (Å²) in [5.74, 6) is -1.07. The summed E-state index contributed by atoms with van der Waals surface area (Å²) in [6, 6.07) is 12.1. The van der Waals surface area contributed by atoms with E-state index >= 15 is 0 Å². The number of carbonyl (C=O) groups excluding carboxylic acids is 1. The van der Waals surface area contributed by atoms with Crippen molar-refractivity contribution < 1.29 is 14.7 Å². The number of rotatable bonds is 7. The van der Waals surface area contributed by atoms with Gasteiger partial charge in [-0.15, -0.1) is 10.0 Å². The zero-order valence-corrected chi connectivity index (χ0v) is 14.0. The van der Waals surface area contributed by atoms with Crippen LogP contribution in [0.5, 0.6) is 0 Å². The average molecular weight is 369 g/mol. The summed E-state index contributed by atoms with van der Waals surface area (Å²) < 4.78 is 1.42. The van der Waals surface area contributed by atoms with Crippen LogP contribution in [0.3, 0.4) is 0 Å². The minimum Gasteiger partial charge on any atom is -0.478 e. The molecule has 3 aromatic rings. The first-order chi connectivity index (χ1) is 12.6. The summed E-state index contributed by atoms with van der Waals surface area (Å²) in [5.41, 5.74) is 1.44. The molecule has 0 atom stereocenters. The number of benzene rings is 2. The number of aromatic carboxylic acids is 1. The van der Waals surface area contributed by atoms with Crippen LogP contribution in [0, 0.1) is 4.91 Å². The quantitative estimate of drug-likeness (QED) is 0.382. The molecule has 0 saturated heterocycles.